The second-order valence-corrected chi connectivity index (χ2v) is 5.98. The molecule has 1 heterocycles. The van der Waals surface area contributed by atoms with E-state index in [1.807, 2.05) is 0 Å². The molecule has 0 radical (unpaired) electrons. The number of hydrogen-bond donors (Lipinski definition) is 2. The molecule has 2 N–H and O–H groups in total. The van der Waals surface area contributed by atoms with Crippen molar-refractivity contribution in [3.8, 4) is 0 Å². The fourth-order valence-electron chi connectivity index (χ4n) is 2.25. The summed E-state index contributed by atoms with van der Waals surface area (Å²) >= 11 is 1.43. The molecule has 1 unspecified atom stereocenters. The van der Waals surface area contributed by atoms with Crippen molar-refractivity contribution in [2.45, 2.75) is 18.9 Å². The number of carbonyl (C=O) groups excluding carboxylic acids is 1. The van der Waals surface area contributed by atoms with Crippen LogP contribution < -0.4 is 5.32 Å². The van der Waals surface area contributed by atoms with Crippen molar-refractivity contribution in [2.24, 2.45) is 0 Å². The molecule has 7 nitrogen and oxygen atoms in total. The van der Waals surface area contributed by atoms with Crippen molar-refractivity contribution in [3.63, 3.8) is 0 Å². The Hall–Kier alpha value is -2.09. The monoisotopic (exact) mass is 310 g/mol. The number of nitro groups is 1. The van der Waals surface area contributed by atoms with Gasteiger partial charge in [-0.05, 0) is 25.2 Å². The molecule has 0 aromatic heterocycles. The smallest absolute Gasteiger partial charge is 0.330 e. The average molecular weight is 310 g/mol. The summed E-state index contributed by atoms with van der Waals surface area (Å²) in [5.74, 6) is -0.956. The second-order valence-electron chi connectivity index (χ2n) is 4.87. The van der Waals surface area contributed by atoms with Crippen LogP contribution in [0.25, 0.3) is 0 Å². The summed E-state index contributed by atoms with van der Waals surface area (Å²) in [4.78, 5) is 34.2. The minimum atomic E-state index is -1.35. The molecule has 1 aliphatic rings. The fourth-order valence-corrected chi connectivity index (χ4v) is 3.58. The Kier molecular flexibility index (Phi) is 4.17. The number of nitrogens with zero attached hydrogens (tertiary/aromatic N) is 1. The molecule has 1 aliphatic heterocycles. The highest BCUT2D eigenvalue weighted by Gasteiger charge is 2.44. The maximum atomic E-state index is 12.3. The van der Waals surface area contributed by atoms with Crippen LogP contribution in [0.1, 0.15) is 22.3 Å². The lowest BCUT2D eigenvalue weighted by Gasteiger charge is -2.24. The van der Waals surface area contributed by atoms with E-state index in [2.05, 4.69) is 5.32 Å². The molecular weight excluding hydrogens is 296 g/mol. The molecule has 1 fully saturated rings. The van der Waals surface area contributed by atoms with Crippen LogP contribution in [0.4, 0.5) is 5.69 Å². The zero-order chi connectivity index (χ0) is 15.6. The Bertz CT molecular complexity index is 611. The van der Waals surface area contributed by atoms with Gasteiger partial charge in [-0.1, -0.05) is 12.1 Å². The first-order valence-electron chi connectivity index (χ1n) is 6.25. The first-order chi connectivity index (χ1) is 9.87. The molecule has 112 valence electrons. The van der Waals surface area contributed by atoms with E-state index >= 15 is 0 Å². The summed E-state index contributed by atoms with van der Waals surface area (Å²) in [5.41, 5.74) is -1.39. The van der Waals surface area contributed by atoms with E-state index in [0.717, 1.165) is 0 Å². The van der Waals surface area contributed by atoms with Gasteiger partial charge in [0.1, 0.15) is 11.1 Å². The number of carbonyl (C=O) groups is 2. The molecule has 0 aliphatic carbocycles. The van der Waals surface area contributed by atoms with Crippen molar-refractivity contribution in [2.75, 3.05) is 11.5 Å². The first-order valence-corrected chi connectivity index (χ1v) is 7.40. The standard InChI is InChI=1S/C13H14N2O5S/c1-8-3-2-4-9(10(8)15(19)20)11(16)14-13(12(17)18)5-6-21-7-13/h2-4H,5-7H2,1H3,(H,14,16)(H,17,18). The summed E-state index contributed by atoms with van der Waals surface area (Å²) in [6.07, 6.45) is 0.304. The molecule has 1 saturated heterocycles. The van der Waals surface area contributed by atoms with Crippen molar-refractivity contribution >= 4 is 29.3 Å². The minimum absolute atomic E-state index is 0.113. The van der Waals surface area contributed by atoms with Gasteiger partial charge in [0.05, 0.1) is 4.92 Å². The number of hydrogen-bond acceptors (Lipinski definition) is 5. The Morgan fingerprint density at radius 1 is 1.48 bits per heavy atom. The lowest BCUT2D eigenvalue weighted by molar-refractivity contribution is -0.385. The van der Waals surface area contributed by atoms with Crippen LogP contribution in [0.3, 0.4) is 0 Å². The van der Waals surface area contributed by atoms with Crippen LogP contribution >= 0.6 is 11.8 Å². The lowest BCUT2D eigenvalue weighted by Crippen LogP contribution is -2.54. The Balaban J connectivity index is 2.35. The number of aliphatic carboxylic acids is 1. The van der Waals surface area contributed by atoms with E-state index in [0.29, 0.717) is 17.7 Å². The molecular formula is C13H14N2O5S. The first kappa shape index (κ1) is 15.3. The largest absolute Gasteiger partial charge is 0.479 e. The Morgan fingerprint density at radius 3 is 2.71 bits per heavy atom. The number of amides is 1. The number of aryl methyl sites for hydroxylation is 1. The van der Waals surface area contributed by atoms with Gasteiger partial charge in [0.2, 0.25) is 0 Å². The predicted octanol–water partition coefficient (Wildman–Crippen LogP) is 1.59. The number of nitrogens with one attached hydrogen (secondary N) is 1. The van der Waals surface area contributed by atoms with E-state index in [4.69, 9.17) is 0 Å². The van der Waals surface area contributed by atoms with Crippen molar-refractivity contribution in [1.82, 2.24) is 5.32 Å². The van der Waals surface area contributed by atoms with Gasteiger partial charge in [0, 0.05) is 11.3 Å². The van der Waals surface area contributed by atoms with Gasteiger partial charge in [-0.25, -0.2) is 4.79 Å². The van der Waals surface area contributed by atoms with E-state index in [9.17, 15) is 24.8 Å². The van der Waals surface area contributed by atoms with Crippen molar-refractivity contribution in [3.05, 3.63) is 39.4 Å². The fraction of sp³-hybridized carbons (Fsp3) is 0.385. The summed E-state index contributed by atoms with van der Waals surface area (Å²) in [6.45, 7) is 1.54. The quantitative estimate of drug-likeness (QED) is 0.645. The van der Waals surface area contributed by atoms with Gasteiger partial charge in [0.25, 0.3) is 11.6 Å². The summed E-state index contributed by atoms with van der Waals surface area (Å²) in [6, 6.07) is 4.40. The number of thioether (sulfide) groups is 1. The normalized spacial score (nSPS) is 21.0. The molecule has 0 saturated carbocycles. The molecule has 8 heteroatoms. The summed E-state index contributed by atoms with van der Waals surface area (Å²) in [5, 5.41) is 22.9. The van der Waals surface area contributed by atoms with Crippen LogP contribution in [0, 0.1) is 17.0 Å². The molecule has 0 bridgehead atoms. The number of rotatable bonds is 4. The number of carboxylic acid groups (broad SMARTS) is 1. The lowest BCUT2D eigenvalue weighted by atomic mass is 9.98. The highest BCUT2D eigenvalue weighted by molar-refractivity contribution is 7.99. The van der Waals surface area contributed by atoms with Gasteiger partial charge < -0.3 is 10.4 Å². The molecule has 1 aromatic carbocycles. The molecule has 1 aromatic rings. The molecule has 1 atom stereocenters. The molecule has 2 rings (SSSR count). The highest BCUT2D eigenvalue weighted by atomic mass is 32.2. The van der Waals surface area contributed by atoms with E-state index < -0.39 is 22.3 Å². The SMILES string of the molecule is Cc1cccc(C(=O)NC2(C(=O)O)CCSC2)c1[N+](=O)[O-]. The number of benzene rings is 1. The van der Waals surface area contributed by atoms with E-state index in [1.165, 1.54) is 36.9 Å². The zero-order valence-electron chi connectivity index (χ0n) is 11.3. The maximum Gasteiger partial charge on any atom is 0.330 e. The zero-order valence-corrected chi connectivity index (χ0v) is 12.1. The minimum Gasteiger partial charge on any atom is -0.479 e. The highest BCUT2D eigenvalue weighted by Crippen LogP contribution is 2.30. The third-order valence-electron chi connectivity index (χ3n) is 3.45. The van der Waals surface area contributed by atoms with Crippen LogP contribution in [0.2, 0.25) is 0 Å². The van der Waals surface area contributed by atoms with Crippen LogP contribution in [0.15, 0.2) is 18.2 Å². The van der Waals surface area contributed by atoms with Crippen LogP contribution in [-0.4, -0.2) is 39.0 Å². The van der Waals surface area contributed by atoms with Gasteiger partial charge in [-0.2, -0.15) is 11.8 Å². The summed E-state index contributed by atoms with van der Waals surface area (Å²) in [7, 11) is 0. The Morgan fingerprint density at radius 2 is 2.19 bits per heavy atom. The Labute approximate surface area is 124 Å². The predicted molar refractivity (Wildman–Crippen MR) is 77.6 cm³/mol. The molecule has 0 spiro atoms. The van der Waals surface area contributed by atoms with E-state index in [-0.39, 0.29) is 17.0 Å². The number of carboxylic acids is 1. The number of para-hydroxylation sites is 1. The molecule has 21 heavy (non-hydrogen) atoms. The van der Waals surface area contributed by atoms with Crippen molar-refractivity contribution < 1.29 is 19.6 Å². The van der Waals surface area contributed by atoms with Crippen LogP contribution in [-0.2, 0) is 4.79 Å². The third-order valence-corrected chi connectivity index (χ3v) is 4.64. The van der Waals surface area contributed by atoms with Gasteiger partial charge in [0.15, 0.2) is 0 Å². The van der Waals surface area contributed by atoms with Gasteiger partial charge in [-0.3, -0.25) is 14.9 Å². The van der Waals surface area contributed by atoms with Crippen molar-refractivity contribution in [1.29, 1.82) is 0 Å². The average Bonchev–Trinajstić information content (AvgIpc) is 2.87. The topological polar surface area (TPSA) is 110 Å². The maximum absolute atomic E-state index is 12.3. The number of nitro benzene ring substituents is 1. The molecule has 1 amide bonds. The third kappa shape index (κ3) is 2.85. The van der Waals surface area contributed by atoms with Gasteiger partial charge >= 0.3 is 5.97 Å². The summed E-state index contributed by atoms with van der Waals surface area (Å²) < 4.78 is 0. The van der Waals surface area contributed by atoms with Gasteiger partial charge in [-0.15, -0.1) is 0 Å². The second kappa shape index (κ2) is 5.72. The van der Waals surface area contributed by atoms with Crippen LogP contribution in [0.5, 0.6) is 0 Å². The van der Waals surface area contributed by atoms with E-state index in [1.54, 1.807) is 0 Å².